The van der Waals surface area contributed by atoms with Gasteiger partial charge in [0.25, 0.3) is 0 Å². The Morgan fingerprint density at radius 1 is 1.07 bits per heavy atom. The van der Waals surface area contributed by atoms with Gasteiger partial charge >= 0.3 is 0 Å². The Morgan fingerprint density at radius 3 is 2.36 bits per heavy atom. The van der Waals surface area contributed by atoms with Gasteiger partial charge in [0.15, 0.2) is 11.5 Å². The molecule has 2 heterocycles. The highest BCUT2D eigenvalue weighted by molar-refractivity contribution is 7.89. The van der Waals surface area contributed by atoms with Crippen LogP contribution in [0.1, 0.15) is 20.8 Å². The highest BCUT2D eigenvalue weighted by Gasteiger charge is 2.32. The second kappa shape index (κ2) is 8.67. The summed E-state index contributed by atoms with van der Waals surface area (Å²) in [6.45, 7) is 9.19. The Balaban J connectivity index is 1.61. The summed E-state index contributed by atoms with van der Waals surface area (Å²) in [5, 5.41) is 2.94. The van der Waals surface area contributed by atoms with E-state index in [1.54, 1.807) is 12.1 Å². The number of nitrogens with zero attached hydrogens (tertiary/aromatic N) is 2. The number of benzene rings is 1. The largest absolute Gasteiger partial charge is 0.486 e. The van der Waals surface area contributed by atoms with Crippen molar-refractivity contribution < 1.29 is 22.7 Å². The van der Waals surface area contributed by atoms with Gasteiger partial charge in [0.05, 0.1) is 10.9 Å². The van der Waals surface area contributed by atoms with E-state index in [4.69, 9.17) is 9.47 Å². The van der Waals surface area contributed by atoms with E-state index in [0.717, 1.165) is 0 Å². The average molecular weight is 412 g/mol. The number of amides is 1. The first-order valence-electron chi connectivity index (χ1n) is 9.70. The summed E-state index contributed by atoms with van der Waals surface area (Å²) >= 11 is 0. The number of fused-ring (bicyclic) bond motifs is 1. The number of rotatable bonds is 6. The van der Waals surface area contributed by atoms with Crippen molar-refractivity contribution >= 4 is 15.9 Å². The number of ether oxygens (including phenoxy) is 2. The summed E-state index contributed by atoms with van der Waals surface area (Å²) in [6, 6.07) is 4.44. The number of hydrogen-bond acceptors (Lipinski definition) is 6. The maximum atomic E-state index is 13.0. The lowest BCUT2D eigenvalue weighted by atomic mass is 10.2. The first kappa shape index (κ1) is 20.9. The van der Waals surface area contributed by atoms with Crippen LogP contribution in [0.4, 0.5) is 0 Å². The van der Waals surface area contributed by atoms with Crippen LogP contribution in [0, 0.1) is 5.92 Å². The van der Waals surface area contributed by atoms with Crippen molar-refractivity contribution in [2.45, 2.75) is 31.7 Å². The van der Waals surface area contributed by atoms with Gasteiger partial charge in [-0.2, -0.15) is 4.31 Å². The predicted molar refractivity (Wildman–Crippen MR) is 105 cm³/mol. The molecule has 2 aliphatic heterocycles. The number of carbonyl (C=O) groups is 1. The second-order valence-corrected chi connectivity index (χ2v) is 9.50. The van der Waals surface area contributed by atoms with Crippen LogP contribution in [-0.4, -0.2) is 75.5 Å². The number of hydrogen-bond donors (Lipinski definition) is 1. The molecule has 0 aliphatic carbocycles. The summed E-state index contributed by atoms with van der Waals surface area (Å²) in [5.41, 5.74) is 0. The summed E-state index contributed by atoms with van der Waals surface area (Å²) in [5.74, 6) is 1.40. The molecule has 1 N–H and O–H groups in total. The summed E-state index contributed by atoms with van der Waals surface area (Å²) in [7, 11) is -3.62. The minimum Gasteiger partial charge on any atom is -0.486 e. The predicted octanol–water partition coefficient (Wildman–Crippen LogP) is 0.925. The quantitative estimate of drug-likeness (QED) is 0.749. The third kappa shape index (κ3) is 4.59. The van der Waals surface area contributed by atoms with Gasteiger partial charge in [-0.1, -0.05) is 13.8 Å². The summed E-state index contributed by atoms with van der Waals surface area (Å²) < 4.78 is 38.4. The second-order valence-electron chi connectivity index (χ2n) is 7.56. The molecule has 28 heavy (non-hydrogen) atoms. The molecule has 3 rings (SSSR count). The fourth-order valence-electron chi connectivity index (χ4n) is 3.28. The number of piperazine rings is 1. The molecule has 0 unspecified atom stereocenters. The molecular weight excluding hydrogens is 382 g/mol. The Hall–Kier alpha value is -1.84. The molecule has 1 fully saturated rings. The van der Waals surface area contributed by atoms with Gasteiger partial charge in [-0.25, -0.2) is 8.42 Å². The molecule has 9 heteroatoms. The maximum Gasteiger partial charge on any atom is 0.243 e. The van der Waals surface area contributed by atoms with Crippen LogP contribution in [-0.2, 0) is 14.8 Å². The van der Waals surface area contributed by atoms with E-state index in [0.29, 0.717) is 63.4 Å². The lowest BCUT2D eigenvalue weighted by Crippen LogP contribution is -2.55. The van der Waals surface area contributed by atoms with Gasteiger partial charge in [-0.3, -0.25) is 9.69 Å². The fourth-order valence-corrected chi connectivity index (χ4v) is 4.72. The molecule has 1 saturated heterocycles. The smallest absolute Gasteiger partial charge is 0.243 e. The number of nitrogens with one attached hydrogen (secondary N) is 1. The average Bonchev–Trinajstić information content (AvgIpc) is 2.71. The van der Waals surface area contributed by atoms with E-state index in [-0.39, 0.29) is 16.8 Å². The molecule has 0 saturated carbocycles. The maximum absolute atomic E-state index is 13.0. The Bertz CT molecular complexity index is 804. The molecule has 2 aliphatic rings. The van der Waals surface area contributed by atoms with Crippen molar-refractivity contribution in [2.75, 3.05) is 45.9 Å². The van der Waals surface area contributed by atoms with Crippen molar-refractivity contribution in [2.24, 2.45) is 5.92 Å². The van der Waals surface area contributed by atoms with Crippen LogP contribution in [0.3, 0.4) is 0 Å². The normalized spacial score (nSPS) is 19.4. The molecule has 1 atom stereocenters. The van der Waals surface area contributed by atoms with Crippen molar-refractivity contribution in [1.82, 2.24) is 14.5 Å². The SMILES string of the molecule is CC(C)CNC(=O)[C@@H](C)N1CCN(S(=O)(=O)c2ccc3c(c2)OCCO3)CC1. The van der Waals surface area contributed by atoms with Crippen LogP contribution in [0.2, 0.25) is 0 Å². The molecule has 1 amide bonds. The standard InChI is InChI=1S/C19H29N3O5S/c1-14(2)13-20-19(23)15(3)21-6-8-22(9-7-21)28(24,25)16-4-5-17-18(12-16)27-11-10-26-17/h4-5,12,14-15H,6-11,13H2,1-3H3,(H,20,23)/t15-/m1/s1. The third-order valence-electron chi connectivity index (χ3n) is 5.04. The van der Waals surface area contributed by atoms with Crippen molar-refractivity contribution in [3.8, 4) is 11.5 Å². The lowest BCUT2D eigenvalue weighted by molar-refractivity contribution is -0.126. The highest BCUT2D eigenvalue weighted by atomic mass is 32.2. The van der Waals surface area contributed by atoms with E-state index in [2.05, 4.69) is 5.32 Å². The fraction of sp³-hybridized carbons (Fsp3) is 0.632. The monoisotopic (exact) mass is 411 g/mol. The zero-order valence-electron chi connectivity index (χ0n) is 16.7. The van der Waals surface area contributed by atoms with Gasteiger partial charge in [0, 0.05) is 38.8 Å². The van der Waals surface area contributed by atoms with Gasteiger partial charge in [0.1, 0.15) is 13.2 Å². The Morgan fingerprint density at radius 2 is 1.71 bits per heavy atom. The molecule has 8 nitrogen and oxygen atoms in total. The third-order valence-corrected chi connectivity index (χ3v) is 6.93. The van der Waals surface area contributed by atoms with Gasteiger partial charge < -0.3 is 14.8 Å². The van der Waals surface area contributed by atoms with Gasteiger partial charge in [0.2, 0.25) is 15.9 Å². The molecule has 0 radical (unpaired) electrons. The Labute approximate surface area is 166 Å². The molecule has 0 bridgehead atoms. The van der Waals surface area contributed by atoms with Crippen LogP contribution in [0.5, 0.6) is 11.5 Å². The first-order valence-corrected chi connectivity index (χ1v) is 11.1. The number of carbonyl (C=O) groups excluding carboxylic acids is 1. The van der Waals surface area contributed by atoms with Crippen molar-refractivity contribution in [3.63, 3.8) is 0 Å². The zero-order chi connectivity index (χ0) is 20.3. The topological polar surface area (TPSA) is 88.2 Å². The molecule has 1 aromatic carbocycles. The van der Waals surface area contributed by atoms with E-state index >= 15 is 0 Å². The van der Waals surface area contributed by atoms with Crippen LogP contribution in [0.25, 0.3) is 0 Å². The molecule has 156 valence electrons. The highest BCUT2D eigenvalue weighted by Crippen LogP contribution is 2.33. The van der Waals surface area contributed by atoms with Crippen LogP contribution < -0.4 is 14.8 Å². The molecular formula is C19H29N3O5S. The molecule has 1 aromatic rings. The van der Waals surface area contributed by atoms with Crippen molar-refractivity contribution in [3.05, 3.63) is 18.2 Å². The summed E-state index contributed by atoms with van der Waals surface area (Å²) in [4.78, 5) is 14.5. The first-order chi connectivity index (χ1) is 13.3. The molecule has 0 spiro atoms. The van der Waals surface area contributed by atoms with Crippen LogP contribution >= 0.6 is 0 Å². The van der Waals surface area contributed by atoms with Crippen molar-refractivity contribution in [1.29, 1.82) is 0 Å². The molecule has 0 aromatic heterocycles. The van der Waals surface area contributed by atoms with E-state index in [1.807, 2.05) is 25.7 Å². The minimum absolute atomic E-state index is 0.0168. The Kier molecular flexibility index (Phi) is 6.47. The van der Waals surface area contributed by atoms with E-state index < -0.39 is 10.0 Å². The van der Waals surface area contributed by atoms with E-state index in [9.17, 15) is 13.2 Å². The zero-order valence-corrected chi connectivity index (χ0v) is 17.5. The number of sulfonamides is 1. The van der Waals surface area contributed by atoms with Gasteiger partial charge in [-0.15, -0.1) is 0 Å². The van der Waals surface area contributed by atoms with E-state index in [1.165, 1.54) is 10.4 Å². The van der Waals surface area contributed by atoms with Gasteiger partial charge in [-0.05, 0) is 25.0 Å². The lowest BCUT2D eigenvalue weighted by Gasteiger charge is -2.36. The van der Waals surface area contributed by atoms with Crippen LogP contribution in [0.15, 0.2) is 23.1 Å². The minimum atomic E-state index is -3.62. The summed E-state index contributed by atoms with van der Waals surface area (Å²) in [6.07, 6.45) is 0.